The quantitative estimate of drug-likeness (QED) is 0.702. The molecule has 2 aliphatic carbocycles. The molecule has 0 heterocycles. The van der Waals surface area contributed by atoms with Gasteiger partial charge in [0, 0.05) is 17.4 Å². The number of hydrogen-bond acceptors (Lipinski definition) is 2. The topological polar surface area (TPSA) is 37.3 Å². The summed E-state index contributed by atoms with van der Waals surface area (Å²) in [4.78, 5) is 11.9. The lowest BCUT2D eigenvalue weighted by atomic mass is 9.80. The summed E-state index contributed by atoms with van der Waals surface area (Å²) < 4.78 is 0. The lowest BCUT2D eigenvalue weighted by molar-refractivity contribution is 0.0974. The predicted molar refractivity (Wildman–Crippen MR) is 57.2 cm³/mol. The van der Waals surface area contributed by atoms with E-state index in [0.29, 0.717) is 6.42 Å². The van der Waals surface area contributed by atoms with Crippen LogP contribution in [-0.2, 0) is 5.41 Å². The van der Waals surface area contributed by atoms with Crippen LogP contribution < -0.4 is 0 Å². The molecule has 0 aliphatic heterocycles. The highest BCUT2D eigenvalue weighted by molar-refractivity contribution is 6.02. The number of aromatic hydroxyl groups is 1. The molecule has 1 spiro atoms. The minimum atomic E-state index is 0.125. The molecule has 1 aromatic carbocycles. The average molecular weight is 202 g/mol. The third kappa shape index (κ3) is 1.14. The highest BCUT2D eigenvalue weighted by Crippen LogP contribution is 2.50. The van der Waals surface area contributed by atoms with E-state index in [1.54, 1.807) is 12.1 Å². The highest BCUT2D eigenvalue weighted by atomic mass is 16.3. The van der Waals surface area contributed by atoms with Crippen molar-refractivity contribution >= 4 is 5.78 Å². The number of Topliss-reactive ketones (excluding diaryl/α,β-unsaturated/α-hetero) is 1. The lowest BCUT2D eigenvalue weighted by Crippen LogP contribution is -2.18. The van der Waals surface area contributed by atoms with Gasteiger partial charge in [0.1, 0.15) is 5.75 Å². The van der Waals surface area contributed by atoms with E-state index in [9.17, 15) is 9.90 Å². The van der Waals surface area contributed by atoms with Gasteiger partial charge in [0.15, 0.2) is 5.78 Å². The fraction of sp³-hybridized carbons (Fsp3) is 0.462. The Labute approximate surface area is 88.9 Å². The van der Waals surface area contributed by atoms with Gasteiger partial charge in [0.2, 0.25) is 0 Å². The third-order valence-corrected chi connectivity index (χ3v) is 3.93. The number of hydrogen-bond donors (Lipinski definition) is 1. The van der Waals surface area contributed by atoms with Crippen molar-refractivity contribution in [2.24, 2.45) is 0 Å². The maximum atomic E-state index is 11.9. The molecule has 0 radical (unpaired) electrons. The first-order valence-electron chi connectivity index (χ1n) is 5.58. The Morgan fingerprint density at radius 1 is 1.20 bits per heavy atom. The van der Waals surface area contributed by atoms with E-state index < -0.39 is 0 Å². The summed E-state index contributed by atoms with van der Waals surface area (Å²) in [5, 5.41) is 9.39. The Morgan fingerprint density at radius 3 is 2.67 bits per heavy atom. The van der Waals surface area contributed by atoms with Crippen LogP contribution in [0.25, 0.3) is 0 Å². The first kappa shape index (κ1) is 8.96. The molecule has 0 bridgehead atoms. The summed E-state index contributed by atoms with van der Waals surface area (Å²) in [6.45, 7) is 0. The molecule has 2 nitrogen and oxygen atoms in total. The van der Waals surface area contributed by atoms with Gasteiger partial charge in [-0.3, -0.25) is 4.79 Å². The zero-order valence-electron chi connectivity index (χ0n) is 8.62. The van der Waals surface area contributed by atoms with E-state index in [-0.39, 0.29) is 16.9 Å². The van der Waals surface area contributed by atoms with Crippen molar-refractivity contribution in [2.45, 2.75) is 37.5 Å². The normalized spacial score (nSPS) is 22.3. The number of ketones is 1. The SMILES string of the molecule is O=C1CC2(CCCC2)c2ccc(O)cc21. The average Bonchev–Trinajstić information content (AvgIpc) is 2.76. The van der Waals surface area contributed by atoms with Crippen molar-refractivity contribution in [2.75, 3.05) is 0 Å². The maximum absolute atomic E-state index is 11.9. The second-order valence-electron chi connectivity index (χ2n) is 4.82. The molecule has 1 N–H and O–H groups in total. The summed E-state index contributed by atoms with van der Waals surface area (Å²) in [7, 11) is 0. The van der Waals surface area contributed by atoms with E-state index >= 15 is 0 Å². The van der Waals surface area contributed by atoms with Crippen molar-refractivity contribution in [1.29, 1.82) is 0 Å². The second-order valence-corrected chi connectivity index (χ2v) is 4.82. The van der Waals surface area contributed by atoms with Gasteiger partial charge in [-0.25, -0.2) is 0 Å². The van der Waals surface area contributed by atoms with Gasteiger partial charge < -0.3 is 5.11 Å². The van der Waals surface area contributed by atoms with Crippen molar-refractivity contribution in [3.05, 3.63) is 29.3 Å². The molecule has 0 amide bonds. The van der Waals surface area contributed by atoms with Crippen LogP contribution in [-0.4, -0.2) is 10.9 Å². The molecule has 2 aliphatic rings. The molecule has 0 unspecified atom stereocenters. The van der Waals surface area contributed by atoms with Crippen LogP contribution >= 0.6 is 0 Å². The van der Waals surface area contributed by atoms with Gasteiger partial charge in [-0.15, -0.1) is 0 Å². The smallest absolute Gasteiger partial charge is 0.164 e. The molecule has 2 heteroatoms. The molecular weight excluding hydrogens is 188 g/mol. The summed E-state index contributed by atoms with van der Waals surface area (Å²) in [5.74, 6) is 0.417. The third-order valence-electron chi connectivity index (χ3n) is 3.93. The molecule has 78 valence electrons. The van der Waals surface area contributed by atoms with Crippen LogP contribution in [0, 0.1) is 0 Å². The number of carbonyl (C=O) groups excluding carboxylic acids is 1. The molecule has 1 saturated carbocycles. The summed E-state index contributed by atoms with van der Waals surface area (Å²) in [6.07, 6.45) is 5.39. The maximum Gasteiger partial charge on any atom is 0.164 e. The fourth-order valence-corrected chi connectivity index (χ4v) is 3.22. The van der Waals surface area contributed by atoms with Gasteiger partial charge in [0.25, 0.3) is 0 Å². The zero-order chi connectivity index (χ0) is 10.5. The fourth-order valence-electron chi connectivity index (χ4n) is 3.22. The van der Waals surface area contributed by atoms with E-state index in [1.165, 1.54) is 18.4 Å². The minimum absolute atomic E-state index is 0.125. The van der Waals surface area contributed by atoms with E-state index in [4.69, 9.17) is 0 Å². The van der Waals surface area contributed by atoms with Crippen LogP contribution in [0.2, 0.25) is 0 Å². The molecule has 15 heavy (non-hydrogen) atoms. The number of fused-ring (bicyclic) bond motifs is 2. The molecule has 1 fully saturated rings. The molecular formula is C13H14O2. The molecule has 0 atom stereocenters. The van der Waals surface area contributed by atoms with Crippen LogP contribution in [0.1, 0.15) is 48.0 Å². The van der Waals surface area contributed by atoms with Crippen LogP contribution in [0.5, 0.6) is 5.75 Å². The predicted octanol–water partition coefficient (Wildman–Crippen LogP) is 2.79. The Morgan fingerprint density at radius 2 is 1.93 bits per heavy atom. The van der Waals surface area contributed by atoms with Crippen molar-refractivity contribution in [1.82, 2.24) is 0 Å². The first-order valence-corrected chi connectivity index (χ1v) is 5.58. The molecule has 0 saturated heterocycles. The Kier molecular flexibility index (Phi) is 1.70. The number of rotatable bonds is 0. The number of phenolic OH excluding ortho intramolecular Hbond substituents is 1. The monoisotopic (exact) mass is 202 g/mol. The number of benzene rings is 1. The Hall–Kier alpha value is -1.31. The molecule has 0 aromatic heterocycles. The van der Waals surface area contributed by atoms with Crippen LogP contribution in [0.4, 0.5) is 0 Å². The lowest BCUT2D eigenvalue weighted by Gasteiger charge is -2.22. The molecule has 3 rings (SSSR count). The minimum Gasteiger partial charge on any atom is -0.508 e. The van der Waals surface area contributed by atoms with Gasteiger partial charge in [-0.2, -0.15) is 0 Å². The van der Waals surface area contributed by atoms with E-state index in [1.807, 2.05) is 6.07 Å². The van der Waals surface area contributed by atoms with Crippen LogP contribution in [0.15, 0.2) is 18.2 Å². The Bertz CT molecular complexity index is 428. The Balaban J connectivity index is 2.17. The van der Waals surface area contributed by atoms with Gasteiger partial charge >= 0.3 is 0 Å². The first-order chi connectivity index (χ1) is 7.21. The summed E-state index contributed by atoms with van der Waals surface area (Å²) >= 11 is 0. The van der Waals surface area contributed by atoms with Crippen molar-refractivity contribution < 1.29 is 9.90 Å². The second kappa shape index (κ2) is 2.84. The van der Waals surface area contributed by atoms with Crippen LogP contribution in [0.3, 0.4) is 0 Å². The standard InChI is InChI=1S/C13H14O2/c14-9-3-4-11-10(7-9)12(15)8-13(11)5-1-2-6-13/h3-4,7,14H,1-2,5-6,8H2. The number of carbonyl (C=O) groups is 1. The summed E-state index contributed by atoms with van der Waals surface area (Å²) in [6, 6.07) is 5.28. The highest BCUT2D eigenvalue weighted by Gasteiger charge is 2.44. The molecule has 1 aromatic rings. The summed E-state index contributed by atoms with van der Waals surface area (Å²) in [5.41, 5.74) is 2.07. The largest absolute Gasteiger partial charge is 0.508 e. The number of phenols is 1. The van der Waals surface area contributed by atoms with Gasteiger partial charge in [-0.1, -0.05) is 18.9 Å². The van der Waals surface area contributed by atoms with Crippen molar-refractivity contribution in [3.63, 3.8) is 0 Å². The van der Waals surface area contributed by atoms with Crippen molar-refractivity contribution in [3.8, 4) is 5.75 Å². The van der Waals surface area contributed by atoms with E-state index in [0.717, 1.165) is 18.4 Å². The van der Waals surface area contributed by atoms with E-state index in [2.05, 4.69) is 0 Å². The zero-order valence-corrected chi connectivity index (χ0v) is 8.62. The van der Waals surface area contributed by atoms with Gasteiger partial charge in [-0.05, 0) is 30.5 Å². The van der Waals surface area contributed by atoms with Gasteiger partial charge in [0.05, 0.1) is 0 Å².